The predicted octanol–water partition coefficient (Wildman–Crippen LogP) is 4.03. The van der Waals surface area contributed by atoms with E-state index < -0.39 is 9.84 Å². The van der Waals surface area contributed by atoms with Gasteiger partial charge in [-0.2, -0.15) is 0 Å². The summed E-state index contributed by atoms with van der Waals surface area (Å²) in [6.45, 7) is 3.33. The lowest BCUT2D eigenvalue weighted by Crippen LogP contribution is -2.24. The van der Waals surface area contributed by atoms with Gasteiger partial charge < -0.3 is 14.6 Å². The van der Waals surface area contributed by atoms with Crippen LogP contribution in [-0.2, 0) is 21.7 Å². The van der Waals surface area contributed by atoms with E-state index in [9.17, 15) is 13.2 Å². The maximum Gasteiger partial charge on any atom is 0.217 e. The molecule has 0 aliphatic carbocycles. The molecular formula is C24H24N4O4S. The first-order chi connectivity index (χ1) is 15.6. The SMILES string of the molecule is CC(=O)NC(C)c1cc2c(cc1Oc1ccc(S(C)(=O)=O)cc1)nc(-c1ccccn1)n2C. The summed E-state index contributed by atoms with van der Waals surface area (Å²) in [5.41, 5.74) is 3.08. The average molecular weight is 465 g/mol. The Kier molecular flexibility index (Phi) is 5.90. The summed E-state index contributed by atoms with van der Waals surface area (Å²) in [6.07, 6.45) is 2.87. The maximum absolute atomic E-state index is 11.7. The standard InChI is InChI=1S/C24H24N4O4S/c1-15(26-16(2)29)19-13-22-21(27-24(28(22)3)20-7-5-6-12-25-20)14-23(19)32-17-8-10-18(11-9-17)33(4,30)31/h5-15H,1-4H3,(H,26,29). The zero-order valence-corrected chi connectivity index (χ0v) is 19.6. The molecule has 9 heteroatoms. The van der Waals surface area contributed by atoms with Gasteiger partial charge in [-0.3, -0.25) is 9.78 Å². The Morgan fingerprint density at radius 1 is 1.12 bits per heavy atom. The summed E-state index contributed by atoms with van der Waals surface area (Å²) in [6, 6.07) is 15.3. The van der Waals surface area contributed by atoms with E-state index in [1.807, 2.05) is 48.9 Å². The summed E-state index contributed by atoms with van der Waals surface area (Å²) in [5.74, 6) is 1.53. The summed E-state index contributed by atoms with van der Waals surface area (Å²) < 4.78 is 31.6. The largest absolute Gasteiger partial charge is 0.457 e. The number of nitrogens with zero attached hydrogens (tertiary/aromatic N) is 3. The molecule has 0 spiro atoms. The molecule has 8 nitrogen and oxygen atoms in total. The maximum atomic E-state index is 11.7. The van der Waals surface area contributed by atoms with Crippen molar-refractivity contribution in [2.24, 2.45) is 7.05 Å². The van der Waals surface area contributed by atoms with Crippen LogP contribution in [0.2, 0.25) is 0 Å². The molecule has 0 aliphatic heterocycles. The first kappa shape index (κ1) is 22.5. The number of aryl methyl sites for hydroxylation is 1. The minimum absolute atomic E-state index is 0.162. The monoisotopic (exact) mass is 464 g/mol. The Morgan fingerprint density at radius 3 is 2.45 bits per heavy atom. The number of ether oxygens (including phenoxy) is 1. The highest BCUT2D eigenvalue weighted by Gasteiger charge is 2.19. The minimum Gasteiger partial charge on any atom is -0.457 e. The van der Waals surface area contributed by atoms with Gasteiger partial charge in [0.25, 0.3) is 0 Å². The molecule has 2 aromatic carbocycles. The molecule has 0 radical (unpaired) electrons. The molecule has 4 rings (SSSR count). The van der Waals surface area contributed by atoms with Crippen LogP contribution in [-0.4, -0.2) is 35.1 Å². The average Bonchev–Trinajstić information content (AvgIpc) is 3.08. The van der Waals surface area contributed by atoms with Crippen molar-refractivity contribution in [2.45, 2.75) is 24.8 Å². The van der Waals surface area contributed by atoms with Crippen LogP contribution in [0.4, 0.5) is 0 Å². The Balaban J connectivity index is 1.81. The van der Waals surface area contributed by atoms with Crippen LogP contribution in [0.3, 0.4) is 0 Å². The molecule has 33 heavy (non-hydrogen) atoms. The molecular weight excluding hydrogens is 440 g/mol. The summed E-state index contributed by atoms with van der Waals surface area (Å²) in [5, 5.41) is 2.90. The second-order valence-corrected chi connectivity index (χ2v) is 9.87. The second kappa shape index (κ2) is 8.67. The summed E-state index contributed by atoms with van der Waals surface area (Å²) >= 11 is 0. The number of nitrogens with one attached hydrogen (secondary N) is 1. The van der Waals surface area contributed by atoms with E-state index in [2.05, 4.69) is 10.3 Å². The summed E-state index contributed by atoms with van der Waals surface area (Å²) in [7, 11) is -1.39. The topological polar surface area (TPSA) is 103 Å². The quantitative estimate of drug-likeness (QED) is 0.462. The van der Waals surface area contributed by atoms with Crippen LogP contribution in [0.5, 0.6) is 11.5 Å². The fraction of sp³-hybridized carbons (Fsp3) is 0.208. The number of imidazole rings is 1. The van der Waals surface area contributed by atoms with Crippen LogP contribution >= 0.6 is 0 Å². The highest BCUT2D eigenvalue weighted by atomic mass is 32.2. The van der Waals surface area contributed by atoms with Gasteiger partial charge >= 0.3 is 0 Å². The minimum atomic E-state index is -3.31. The van der Waals surface area contributed by atoms with Gasteiger partial charge in [0.15, 0.2) is 15.7 Å². The Morgan fingerprint density at radius 2 is 1.85 bits per heavy atom. The number of carbonyl (C=O) groups excluding carboxylic acids is 1. The van der Waals surface area contributed by atoms with Gasteiger partial charge in [-0.25, -0.2) is 13.4 Å². The van der Waals surface area contributed by atoms with E-state index >= 15 is 0 Å². The molecule has 2 heterocycles. The van der Waals surface area contributed by atoms with E-state index in [0.29, 0.717) is 22.8 Å². The van der Waals surface area contributed by atoms with Crippen molar-refractivity contribution in [3.8, 4) is 23.0 Å². The van der Waals surface area contributed by atoms with Crippen LogP contribution < -0.4 is 10.1 Å². The fourth-order valence-corrected chi connectivity index (χ4v) is 4.28. The highest BCUT2D eigenvalue weighted by molar-refractivity contribution is 7.90. The lowest BCUT2D eigenvalue weighted by molar-refractivity contribution is -0.119. The number of fused-ring (bicyclic) bond motifs is 1. The molecule has 0 bridgehead atoms. The Labute approximate surface area is 192 Å². The number of amides is 1. The van der Waals surface area contributed by atoms with Crippen LogP contribution in [0, 0.1) is 0 Å². The van der Waals surface area contributed by atoms with Gasteiger partial charge in [-0.15, -0.1) is 0 Å². The fourth-order valence-electron chi connectivity index (χ4n) is 3.65. The van der Waals surface area contributed by atoms with Crippen molar-refractivity contribution in [3.05, 3.63) is 66.4 Å². The summed E-state index contributed by atoms with van der Waals surface area (Å²) in [4.78, 5) is 21.1. The normalized spacial score (nSPS) is 12.5. The number of pyridine rings is 1. The van der Waals surface area contributed by atoms with E-state index in [4.69, 9.17) is 9.72 Å². The van der Waals surface area contributed by atoms with E-state index in [1.54, 1.807) is 18.3 Å². The van der Waals surface area contributed by atoms with Gasteiger partial charge in [0.1, 0.15) is 17.2 Å². The van der Waals surface area contributed by atoms with Crippen molar-refractivity contribution in [1.29, 1.82) is 0 Å². The zero-order valence-electron chi connectivity index (χ0n) is 18.7. The molecule has 170 valence electrons. The van der Waals surface area contributed by atoms with Gasteiger partial charge in [-0.1, -0.05) is 6.07 Å². The molecule has 4 aromatic rings. The molecule has 1 unspecified atom stereocenters. The van der Waals surface area contributed by atoms with Gasteiger partial charge in [0.05, 0.1) is 22.0 Å². The van der Waals surface area contributed by atoms with E-state index in [1.165, 1.54) is 19.1 Å². The third-order valence-electron chi connectivity index (χ3n) is 5.27. The van der Waals surface area contributed by atoms with Crippen molar-refractivity contribution in [1.82, 2.24) is 19.9 Å². The third kappa shape index (κ3) is 4.73. The molecule has 2 aromatic heterocycles. The number of hydrogen-bond donors (Lipinski definition) is 1. The number of hydrogen-bond acceptors (Lipinski definition) is 6. The first-order valence-corrected chi connectivity index (χ1v) is 12.2. The number of carbonyl (C=O) groups is 1. The molecule has 1 atom stereocenters. The van der Waals surface area contributed by atoms with Crippen molar-refractivity contribution in [3.63, 3.8) is 0 Å². The van der Waals surface area contributed by atoms with Crippen molar-refractivity contribution >= 4 is 26.8 Å². The van der Waals surface area contributed by atoms with E-state index in [0.717, 1.165) is 23.0 Å². The second-order valence-electron chi connectivity index (χ2n) is 7.86. The van der Waals surface area contributed by atoms with E-state index in [-0.39, 0.29) is 16.8 Å². The smallest absolute Gasteiger partial charge is 0.217 e. The Hall–Kier alpha value is -3.72. The van der Waals surface area contributed by atoms with Crippen molar-refractivity contribution < 1.29 is 17.9 Å². The lowest BCUT2D eigenvalue weighted by atomic mass is 10.1. The van der Waals surface area contributed by atoms with Crippen LogP contribution in [0.1, 0.15) is 25.5 Å². The molecule has 1 amide bonds. The molecule has 0 saturated carbocycles. The van der Waals surface area contributed by atoms with Crippen LogP contribution in [0.25, 0.3) is 22.6 Å². The molecule has 0 fully saturated rings. The van der Waals surface area contributed by atoms with Gasteiger partial charge in [-0.05, 0) is 49.4 Å². The highest BCUT2D eigenvalue weighted by Crippen LogP contribution is 2.35. The first-order valence-electron chi connectivity index (χ1n) is 10.3. The Bertz CT molecular complexity index is 1430. The van der Waals surface area contributed by atoms with Crippen molar-refractivity contribution in [2.75, 3.05) is 6.26 Å². The number of aromatic nitrogens is 3. The number of benzene rings is 2. The molecule has 1 N–H and O–H groups in total. The molecule has 0 aliphatic rings. The number of rotatable bonds is 6. The molecule has 0 saturated heterocycles. The number of sulfone groups is 1. The van der Waals surface area contributed by atoms with Gasteiger partial charge in [0, 0.05) is 38.1 Å². The lowest BCUT2D eigenvalue weighted by Gasteiger charge is -2.18. The third-order valence-corrected chi connectivity index (χ3v) is 6.40. The zero-order chi connectivity index (χ0) is 23.8. The van der Waals surface area contributed by atoms with Gasteiger partial charge in [0.2, 0.25) is 5.91 Å². The predicted molar refractivity (Wildman–Crippen MR) is 126 cm³/mol. The van der Waals surface area contributed by atoms with Crippen LogP contribution in [0.15, 0.2) is 65.7 Å².